The molecule has 4 nitrogen and oxygen atoms in total. The second-order valence-corrected chi connectivity index (χ2v) is 4.73. The largest absolute Gasteiger partial charge is 0.497 e. The maximum absolute atomic E-state index is 11.8. The van der Waals surface area contributed by atoms with Crippen LogP contribution in [0.1, 0.15) is 26.3 Å². The SMILES string of the molecule is COc1ccc(NC(=O)C(C)(C)C)c(C#N)c1. The summed E-state index contributed by atoms with van der Waals surface area (Å²) in [6.45, 7) is 5.45. The van der Waals surface area contributed by atoms with Gasteiger partial charge in [-0.15, -0.1) is 0 Å². The summed E-state index contributed by atoms with van der Waals surface area (Å²) < 4.78 is 5.02. The van der Waals surface area contributed by atoms with Crippen LogP contribution in [-0.2, 0) is 4.79 Å². The fourth-order valence-electron chi connectivity index (χ4n) is 1.16. The van der Waals surface area contributed by atoms with Gasteiger partial charge in [-0.2, -0.15) is 5.26 Å². The monoisotopic (exact) mass is 232 g/mol. The van der Waals surface area contributed by atoms with E-state index in [-0.39, 0.29) is 5.91 Å². The van der Waals surface area contributed by atoms with Crippen LogP contribution in [0.3, 0.4) is 0 Å². The van der Waals surface area contributed by atoms with Crippen molar-refractivity contribution in [1.29, 1.82) is 5.26 Å². The smallest absolute Gasteiger partial charge is 0.229 e. The van der Waals surface area contributed by atoms with E-state index in [1.165, 1.54) is 7.11 Å². The lowest BCUT2D eigenvalue weighted by Crippen LogP contribution is -2.27. The van der Waals surface area contributed by atoms with Crippen LogP contribution in [0.15, 0.2) is 18.2 Å². The standard InChI is InChI=1S/C13H16N2O2/c1-13(2,3)12(16)15-11-6-5-10(17-4)7-9(11)8-14/h5-7H,1-4H3,(H,15,16). The van der Waals surface area contributed by atoms with Crippen molar-refractivity contribution in [2.45, 2.75) is 20.8 Å². The van der Waals surface area contributed by atoms with Gasteiger partial charge in [-0.3, -0.25) is 4.79 Å². The lowest BCUT2D eigenvalue weighted by molar-refractivity contribution is -0.123. The molecule has 0 aliphatic carbocycles. The summed E-state index contributed by atoms with van der Waals surface area (Å²) in [4.78, 5) is 11.8. The van der Waals surface area contributed by atoms with Gasteiger partial charge in [0.1, 0.15) is 11.8 Å². The molecule has 0 aliphatic heterocycles. The van der Waals surface area contributed by atoms with E-state index in [0.29, 0.717) is 17.0 Å². The quantitative estimate of drug-likeness (QED) is 0.852. The topological polar surface area (TPSA) is 62.1 Å². The van der Waals surface area contributed by atoms with Crippen LogP contribution in [0.4, 0.5) is 5.69 Å². The maximum atomic E-state index is 11.8. The van der Waals surface area contributed by atoms with E-state index in [1.54, 1.807) is 18.2 Å². The first-order chi connectivity index (χ1) is 7.88. The summed E-state index contributed by atoms with van der Waals surface area (Å²) in [6, 6.07) is 7.00. The summed E-state index contributed by atoms with van der Waals surface area (Å²) >= 11 is 0. The van der Waals surface area contributed by atoms with Crippen LogP contribution in [-0.4, -0.2) is 13.0 Å². The molecule has 0 saturated carbocycles. The number of methoxy groups -OCH3 is 1. The third-order valence-corrected chi connectivity index (χ3v) is 2.28. The molecule has 0 atom stereocenters. The van der Waals surface area contributed by atoms with Crippen LogP contribution in [0.25, 0.3) is 0 Å². The van der Waals surface area contributed by atoms with Crippen molar-refractivity contribution in [2.24, 2.45) is 5.41 Å². The molecule has 0 saturated heterocycles. The third-order valence-electron chi connectivity index (χ3n) is 2.28. The lowest BCUT2D eigenvalue weighted by atomic mass is 9.95. The minimum absolute atomic E-state index is 0.126. The third kappa shape index (κ3) is 3.22. The van der Waals surface area contributed by atoms with Crippen molar-refractivity contribution >= 4 is 11.6 Å². The van der Waals surface area contributed by atoms with E-state index in [1.807, 2.05) is 26.8 Å². The number of amides is 1. The van der Waals surface area contributed by atoms with Gasteiger partial charge in [0.15, 0.2) is 0 Å². The Labute approximate surface area is 101 Å². The van der Waals surface area contributed by atoms with E-state index in [9.17, 15) is 4.79 Å². The van der Waals surface area contributed by atoms with Gasteiger partial charge < -0.3 is 10.1 Å². The molecule has 1 amide bonds. The Bertz CT molecular complexity index is 467. The number of ether oxygens (including phenoxy) is 1. The molecule has 0 aromatic heterocycles. The zero-order chi connectivity index (χ0) is 13.1. The van der Waals surface area contributed by atoms with E-state index >= 15 is 0 Å². The van der Waals surface area contributed by atoms with E-state index in [4.69, 9.17) is 10.00 Å². The average molecular weight is 232 g/mol. The van der Waals surface area contributed by atoms with Crippen molar-refractivity contribution in [3.8, 4) is 11.8 Å². The Morgan fingerprint density at radius 1 is 1.41 bits per heavy atom. The number of benzene rings is 1. The Kier molecular flexibility index (Phi) is 3.74. The number of nitriles is 1. The van der Waals surface area contributed by atoms with Crippen LogP contribution in [0.5, 0.6) is 5.75 Å². The maximum Gasteiger partial charge on any atom is 0.229 e. The predicted molar refractivity (Wildman–Crippen MR) is 65.8 cm³/mol. The summed E-state index contributed by atoms with van der Waals surface area (Å²) in [7, 11) is 1.53. The minimum atomic E-state index is -0.493. The van der Waals surface area contributed by atoms with Crippen LogP contribution >= 0.6 is 0 Å². The molecule has 0 fully saturated rings. The first-order valence-electron chi connectivity index (χ1n) is 5.28. The normalized spacial score (nSPS) is 10.5. The van der Waals surface area contributed by atoms with Crippen LogP contribution < -0.4 is 10.1 Å². The Hall–Kier alpha value is -2.02. The molecule has 0 bridgehead atoms. The number of carbonyl (C=O) groups excluding carboxylic acids is 1. The lowest BCUT2D eigenvalue weighted by Gasteiger charge is -2.18. The molecular weight excluding hydrogens is 216 g/mol. The fourth-order valence-corrected chi connectivity index (χ4v) is 1.16. The first-order valence-corrected chi connectivity index (χ1v) is 5.28. The fraction of sp³-hybridized carbons (Fsp3) is 0.385. The Morgan fingerprint density at radius 2 is 2.06 bits per heavy atom. The number of nitrogens with zero attached hydrogens (tertiary/aromatic N) is 1. The van der Waals surface area contributed by atoms with Crippen molar-refractivity contribution in [3.05, 3.63) is 23.8 Å². The molecule has 90 valence electrons. The van der Waals surface area contributed by atoms with E-state index in [0.717, 1.165) is 0 Å². The number of hydrogen-bond donors (Lipinski definition) is 1. The molecule has 0 unspecified atom stereocenters. The van der Waals surface area contributed by atoms with Gasteiger partial charge in [0, 0.05) is 5.41 Å². The number of carbonyl (C=O) groups is 1. The second kappa shape index (κ2) is 4.88. The van der Waals surface area contributed by atoms with Crippen molar-refractivity contribution in [3.63, 3.8) is 0 Å². The second-order valence-electron chi connectivity index (χ2n) is 4.73. The van der Waals surface area contributed by atoms with Gasteiger partial charge >= 0.3 is 0 Å². The van der Waals surface area contributed by atoms with Gasteiger partial charge in [0.25, 0.3) is 0 Å². The summed E-state index contributed by atoms with van der Waals surface area (Å²) in [5.41, 5.74) is 0.405. The first kappa shape index (κ1) is 13.0. The number of hydrogen-bond acceptors (Lipinski definition) is 3. The highest BCUT2D eigenvalue weighted by Gasteiger charge is 2.22. The van der Waals surface area contributed by atoms with E-state index in [2.05, 4.69) is 5.32 Å². The van der Waals surface area contributed by atoms with Gasteiger partial charge in [-0.1, -0.05) is 20.8 Å². The number of nitrogens with one attached hydrogen (secondary N) is 1. The molecule has 1 aromatic carbocycles. The minimum Gasteiger partial charge on any atom is -0.497 e. The van der Waals surface area contributed by atoms with Crippen LogP contribution in [0.2, 0.25) is 0 Å². The number of anilines is 1. The Balaban J connectivity index is 3.01. The van der Waals surface area contributed by atoms with Gasteiger partial charge in [-0.25, -0.2) is 0 Å². The van der Waals surface area contributed by atoms with Gasteiger partial charge in [0.2, 0.25) is 5.91 Å². The highest BCUT2D eigenvalue weighted by Crippen LogP contribution is 2.23. The summed E-state index contributed by atoms with van der Waals surface area (Å²) in [5, 5.41) is 11.7. The highest BCUT2D eigenvalue weighted by atomic mass is 16.5. The number of rotatable bonds is 2. The molecule has 4 heteroatoms. The molecule has 1 N–H and O–H groups in total. The molecular formula is C13H16N2O2. The van der Waals surface area contributed by atoms with E-state index < -0.39 is 5.41 Å². The average Bonchev–Trinajstić information content (AvgIpc) is 2.28. The Morgan fingerprint density at radius 3 is 2.53 bits per heavy atom. The van der Waals surface area contributed by atoms with Gasteiger partial charge in [0.05, 0.1) is 18.4 Å². The molecule has 0 aliphatic rings. The predicted octanol–water partition coefficient (Wildman–Crippen LogP) is 2.55. The van der Waals surface area contributed by atoms with Crippen molar-refractivity contribution in [2.75, 3.05) is 12.4 Å². The molecule has 0 heterocycles. The molecule has 1 rings (SSSR count). The van der Waals surface area contributed by atoms with Crippen molar-refractivity contribution in [1.82, 2.24) is 0 Å². The van der Waals surface area contributed by atoms with Crippen molar-refractivity contribution < 1.29 is 9.53 Å². The highest BCUT2D eigenvalue weighted by molar-refractivity contribution is 5.95. The summed E-state index contributed by atoms with van der Waals surface area (Å²) in [5.74, 6) is 0.467. The van der Waals surface area contributed by atoms with Gasteiger partial charge in [-0.05, 0) is 18.2 Å². The molecule has 1 aromatic rings. The zero-order valence-corrected chi connectivity index (χ0v) is 10.5. The summed E-state index contributed by atoms with van der Waals surface area (Å²) in [6.07, 6.45) is 0. The molecule has 0 radical (unpaired) electrons. The molecule has 0 spiro atoms. The molecule has 17 heavy (non-hydrogen) atoms. The zero-order valence-electron chi connectivity index (χ0n) is 10.5. The van der Waals surface area contributed by atoms with Crippen LogP contribution in [0, 0.1) is 16.7 Å².